The zero-order valence-corrected chi connectivity index (χ0v) is 10.2. The summed E-state index contributed by atoms with van der Waals surface area (Å²) in [6, 6.07) is 8.30. The topological polar surface area (TPSA) is 9.23 Å². The van der Waals surface area contributed by atoms with E-state index >= 15 is 0 Å². The van der Waals surface area contributed by atoms with E-state index in [1.165, 1.54) is 5.56 Å². The Bertz CT molecular complexity index is 233. The van der Waals surface area contributed by atoms with Gasteiger partial charge in [0.1, 0.15) is 5.75 Å². The van der Waals surface area contributed by atoms with E-state index in [4.69, 9.17) is 4.74 Å². The van der Waals surface area contributed by atoms with Crippen molar-refractivity contribution in [3.05, 3.63) is 29.8 Å². The van der Waals surface area contributed by atoms with Crippen LogP contribution in [0.15, 0.2) is 24.3 Å². The zero-order valence-electron chi connectivity index (χ0n) is 8.63. The van der Waals surface area contributed by atoms with Gasteiger partial charge in [0.2, 0.25) is 0 Å². The molecule has 0 amide bonds. The first-order chi connectivity index (χ1) is 6.88. The molecule has 0 spiro atoms. The van der Waals surface area contributed by atoms with Gasteiger partial charge >= 0.3 is 0 Å². The van der Waals surface area contributed by atoms with Crippen LogP contribution in [0.2, 0.25) is 0 Å². The molecule has 1 rings (SSSR count). The molecule has 0 aliphatic rings. The number of ether oxygens (including phenoxy) is 1. The standard InChI is InChI=1S/C12H17BrO/c1-2-10-14-12-8-4-3-6-11(12)7-5-9-13/h3-4,6,8H,2,5,7,9-10H2,1H3. The number of rotatable bonds is 6. The second kappa shape index (κ2) is 6.88. The lowest BCUT2D eigenvalue weighted by atomic mass is 10.1. The Morgan fingerprint density at radius 1 is 1.29 bits per heavy atom. The van der Waals surface area contributed by atoms with Crippen LogP contribution in [0.3, 0.4) is 0 Å². The van der Waals surface area contributed by atoms with Crippen molar-refractivity contribution in [2.24, 2.45) is 0 Å². The van der Waals surface area contributed by atoms with E-state index in [1.54, 1.807) is 0 Å². The van der Waals surface area contributed by atoms with E-state index in [0.717, 1.165) is 36.9 Å². The number of alkyl halides is 1. The highest BCUT2D eigenvalue weighted by molar-refractivity contribution is 9.09. The first kappa shape index (κ1) is 11.6. The van der Waals surface area contributed by atoms with Crippen LogP contribution in [0.5, 0.6) is 5.75 Å². The van der Waals surface area contributed by atoms with Gasteiger partial charge in [-0.25, -0.2) is 0 Å². The molecule has 1 nitrogen and oxygen atoms in total. The van der Waals surface area contributed by atoms with Gasteiger partial charge in [0.25, 0.3) is 0 Å². The van der Waals surface area contributed by atoms with Crippen molar-refractivity contribution < 1.29 is 4.74 Å². The molecule has 14 heavy (non-hydrogen) atoms. The molecular weight excluding hydrogens is 240 g/mol. The normalized spacial score (nSPS) is 10.1. The molecule has 0 fully saturated rings. The number of hydrogen-bond donors (Lipinski definition) is 0. The summed E-state index contributed by atoms with van der Waals surface area (Å²) in [6.07, 6.45) is 3.31. The van der Waals surface area contributed by atoms with Gasteiger partial charge in [-0.3, -0.25) is 0 Å². The number of hydrogen-bond acceptors (Lipinski definition) is 1. The van der Waals surface area contributed by atoms with Gasteiger partial charge in [-0.1, -0.05) is 41.1 Å². The minimum absolute atomic E-state index is 0.811. The van der Waals surface area contributed by atoms with Crippen molar-refractivity contribution in [3.63, 3.8) is 0 Å². The van der Waals surface area contributed by atoms with Crippen LogP contribution in [0.1, 0.15) is 25.3 Å². The number of halogens is 1. The summed E-state index contributed by atoms with van der Waals surface area (Å²) in [5.41, 5.74) is 1.32. The summed E-state index contributed by atoms with van der Waals surface area (Å²) in [5, 5.41) is 1.05. The van der Waals surface area contributed by atoms with Gasteiger partial charge in [-0.05, 0) is 30.9 Å². The maximum absolute atomic E-state index is 5.67. The fraction of sp³-hybridized carbons (Fsp3) is 0.500. The lowest BCUT2D eigenvalue weighted by Crippen LogP contribution is -1.99. The fourth-order valence-corrected chi connectivity index (χ4v) is 1.60. The van der Waals surface area contributed by atoms with Crippen molar-refractivity contribution >= 4 is 15.9 Å². The largest absolute Gasteiger partial charge is 0.493 e. The molecule has 0 radical (unpaired) electrons. The second-order valence-corrected chi connectivity index (χ2v) is 4.04. The molecular formula is C12H17BrO. The molecule has 0 aromatic heterocycles. The monoisotopic (exact) mass is 256 g/mol. The van der Waals surface area contributed by atoms with Gasteiger partial charge in [-0.2, -0.15) is 0 Å². The molecule has 0 unspecified atom stereocenters. The highest BCUT2D eigenvalue weighted by Crippen LogP contribution is 2.19. The van der Waals surface area contributed by atoms with Crippen LogP contribution in [0.4, 0.5) is 0 Å². The Labute approximate surface area is 94.6 Å². The minimum Gasteiger partial charge on any atom is -0.493 e. The summed E-state index contributed by atoms with van der Waals surface area (Å²) in [6.45, 7) is 2.94. The van der Waals surface area contributed by atoms with Gasteiger partial charge in [-0.15, -0.1) is 0 Å². The van der Waals surface area contributed by atoms with Crippen LogP contribution in [-0.2, 0) is 6.42 Å². The van der Waals surface area contributed by atoms with Crippen LogP contribution < -0.4 is 4.74 Å². The van der Waals surface area contributed by atoms with Gasteiger partial charge in [0, 0.05) is 5.33 Å². The smallest absolute Gasteiger partial charge is 0.122 e. The van der Waals surface area contributed by atoms with Crippen molar-refractivity contribution in [1.82, 2.24) is 0 Å². The average Bonchev–Trinajstić information content (AvgIpc) is 2.24. The third kappa shape index (κ3) is 3.70. The van der Waals surface area contributed by atoms with Gasteiger partial charge in [0.15, 0.2) is 0 Å². The van der Waals surface area contributed by atoms with E-state index < -0.39 is 0 Å². The van der Waals surface area contributed by atoms with Crippen molar-refractivity contribution in [3.8, 4) is 5.75 Å². The van der Waals surface area contributed by atoms with Crippen LogP contribution in [-0.4, -0.2) is 11.9 Å². The molecule has 0 bridgehead atoms. The van der Waals surface area contributed by atoms with Gasteiger partial charge < -0.3 is 4.74 Å². The third-order valence-corrected chi connectivity index (χ3v) is 2.57. The molecule has 2 heteroatoms. The highest BCUT2D eigenvalue weighted by atomic mass is 79.9. The summed E-state index contributed by atoms with van der Waals surface area (Å²) in [4.78, 5) is 0. The highest BCUT2D eigenvalue weighted by Gasteiger charge is 2.01. The third-order valence-electron chi connectivity index (χ3n) is 2.01. The van der Waals surface area contributed by atoms with E-state index in [1.807, 2.05) is 6.07 Å². The van der Waals surface area contributed by atoms with Crippen molar-refractivity contribution in [2.75, 3.05) is 11.9 Å². The average molecular weight is 257 g/mol. The Hall–Kier alpha value is -0.500. The van der Waals surface area contributed by atoms with E-state index in [9.17, 15) is 0 Å². The predicted octanol–water partition coefficient (Wildman–Crippen LogP) is 3.80. The molecule has 1 aromatic rings. The molecule has 0 saturated carbocycles. The molecule has 0 aliphatic carbocycles. The Morgan fingerprint density at radius 2 is 2.07 bits per heavy atom. The number of aryl methyl sites for hydroxylation is 1. The Kier molecular flexibility index (Phi) is 5.69. The molecule has 78 valence electrons. The zero-order chi connectivity index (χ0) is 10.2. The molecule has 1 aromatic carbocycles. The Balaban J connectivity index is 2.60. The SMILES string of the molecule is CCCOc1ccccc1CCCBr. The number of para-hydroxylation sites is 1. The Morgan fingerprint density at radius 3 is 2.79 bits per heavy atom. The summed E-state index contributed by atoms with van der Waals surface area (Å²) >= 11 is 3.44. The lowest BCUT2D eigenvalue weighted by Gasteiger charge is -2.09. The summed E-state index contributed by atoms with van der Waals surface area (Å²) in [5.74, 6) is 1.05. The molecule has 0 aliphatic heterocycles. The molecule has 0 N–H and O–H groups in total. The van der Waals surface area contributed by atoms with Crippen LogP contribution in [0.25, 0.3) is 0 Å². The summed E-state index contributed by atoms with van der Waals surface area (Å²) < 4.78 is 5.67. The second-order valence-electron chi connectivity index (χ2n) is 3.25. The molecule has 0 heterocycles. The molecule has 0 atom stereocenters. The number of benzene rings is 1. The van der Waals surface area contributed by atoms with E-state index in [-0.39, 0.29) is 0 Å². The summed E-state index contributed by atoms with van der Waals surface area (Å²) in [7, 11) is 0. The van der Waals surface area contributed by atoms with Crippen LogP contribution in [0, 0.1) is 0 Å². The van der Waals surface area contributed by atoms with E-state index in [0.29, 0.717) is 0 Å². The maximum atomic E-state index is 5.67. The lowest BCUT2D eigenvalue weighted by molar-refractivity contribution is 0.314. The van der Waals surface area contributed by atoms with Gasteiger partial charge in [0.05, 0.1) is 6.61 Å². The fourth-order valence-electron chi connectivity index (χ4n) is 1.32. The quantitative estimate of drug-likeness (QED) is 0.704. The minimum atomic E-state index is 0.811. The van der Waals surface area contributed by atoms with Crippen molar-refractivity contribution in [1.29, 1.82) is 0 Å². The van der Waals surface area contributed by atoms with E-state index in [2.05, 4.69) is 41.1 Å². The first-order valence-electron chi connectivity index (χ1n) is 5.15. The van der Waals surface area contributed by atoms with Crippen LogP contribution >= 0.6 is 15.9 Å². The maximum Gasteiger partial charge on any atom is 0.122 e. The molecule has 0 saturated heterocycles. The predicted molar refractivity (Wildman–Crippen MR) is 64.3 cm³/mol. The van der Waals surface area contributed by atoms with Crippen molar-refractivity contribution in [2.45, 2.75) is 26.2 Å². The first-order valence-corrected chi connectivity index (χ1v) is 6.27.